The molecule has 0 N–H and O–H groups in total. The number of aryl methyl sites for hydroxylation is 3. The van der Waals surface area contributed by atoms with Crippen LogP contribution in [0.15, 0.2) is 91.0 Å². The summed E-state index contributed by atoms with van der Waals surface area (Å²) < 4.78 is 2.49. The maximum atomic E-state index is 14.4. The molecule has 0 saturated heterocycles. The van der Waals surface area contributed by atoms with E-state index in [9.17, 15) is 9.59 Å². The zero-order chi connectivity index (χ0) is 30.4. The fourth-order valence-corrected chi connectivity index (χ4v) is 7.70. The van der Waals surface area contributed by atoms with Crippen LogP contribution in [-0.2, 0) is 13.0 Å². The van der Waals surface area contributed by atoms with Crippen LogP contribution in [0.1, 0.15) is 80.6 Å². The van der Waals surface area contributed by atoms with Crippen molar-refractivity contribution in [3.05, 3.63) is 130 Å². The Bertz CT molecular complexity index is 2040. The molecule has 0 spiro atoms. The van der Waals surface area contributed by atoms with E-state index in [-0.39, 0.29) is 11.6 Å². The van der Waals surface area contributed by atoms with Gasteiger partial charge < -0.3 is 4.57 Å². The highest BCUT2D eigenvalue weighted by molar-refractivity contribution is 6.26. The zero-order valence-corrected chi connectivity index (χ0v) is 26.0. The third kappa shape index (κ3) is 5.05. The van der Waals surface area contributed by atoms with Gasteiger partial charge in [-0.3, -0.25) is 9.59 Å². The summed E-state index contributed by atoms with van der Waals surface area (Å²) in [4.78, 5) is 28.0. The molecule has 1 aromatic heterocycles. The number of fused-ring (bicyclic) bond motifs is 5. The van der Waals surface area contributed by atoms with E-state index in [0.717, 1.165) is 67.0 Å². The first kappa shape index (κ1) is 28.3. The Kier molecular flexibility index (Phi) is 7.42. The van der Waals surface area contributed by atoms with Gasteiger partial charge in [-0.2, -0.15) is 0 Å². The van der Waals surface area contributed by atoms with Gasteiger partial charge in [-0.25, -0.2) is 0 Å². The minimum atomic E-state index is 0.0580. The van der Waals surface area contributed by atoms with Crippen molar-refractivity contribution < 1.29 is 9.59 Å². The molecule has 0 atom stereocenters. The number of aromatic nitrogens is 1. The number of rotatable bonds is 7. The number of hydrogen-bond acceptors (Lipinski definition) is 2. The summed E-state index contributed by atoms with van der Waals surface area (Å²) in [6, 6.07) is 30.8. The van der Waals surface area contributed by atoms with E-state index in [1.807, 2.05) is 56.3 Å². The molecule has 0 bridgehead atoms. The Morgan fingerprint density at radius 3 is 2.11 bits per heavy atom. The molecule has 1 fully saturated rings. The highest BCUT2D eigenvalue weighted by Crippen LogP contribution is 2.39. The predicted octanol–water partition coefficient (Wildman–Crippen LogP) is 10.1. The van der Waals surface area contributed by atoms with Gasteiger partial charge in [0, 0.05) is 51.3 Å². The van der Waals surface area contributed by atoms with Gasteiger partial charge in [-0.1, -0.05) is 91.6 Å². The Hall–Kier alpha value is -4.50. The van der Waals surface area contributed by atoms with E-state index >= 15 is 0 Å². The lowest BCUT2D eigenvalue weighted by Crippen LogP contribution is -2.14. The summed E-state index contributed by atoms with van der Waals surface area (Å²) in [6.45, 7) is 7.10. The molecular weight excluding hydrogens is 538 g/mol. The smallest absolute Gasteiger partial charge is 0.194 e. The molecule has 1 heterocycles. The van der Waals surface area contributed by atoms with Crippen LogP contribution >= 0.6 is 0 Å². The van der Waals surface area contributed by atoms with E-state index in [1.54, 1.807) is 0 Å². The molecule has 3 nitrogen and oxygen atoms in total. The number of nitrogens with zero attached hydrogens (tertiary/aromatic N) is 1. The molecule has 0 radical (unpaired) electrons. The minimum Gasteiger partial charge on any atom is -0.340 e. The Morgan fingerprint density at radius 2 is 1.39 bits per heavy atom. The highest BCUT2D eigenvalue weighted by atomic mass is 16.1. The number of hydrogen-bond donors (Lipinski definition) is 0. The lowest BCUT2D eigenvalue weighted by Gasteiger charge is -2.23. The van der Waals surface area contributed by atoms with Gasteiger partial charge in [0.2, 0.25) is 0 Å². The fourth-order valence-electron chi connectivity index (χ4n) is 7.70. The van der Waals surface area contributed by atoms with Crippen molar-refractivity contribution >= 4 is 44.1 Å². The highest BCUT2D eigenvalue weighted by Gasteiger charge is 2.24. The van der Waals surface area contributed by atoms with E-state index < -0.39 is 0 Å². The Morgan fingerprint density at radius 1 is 0.705 bits per heavy atom. The standard InChI is InChI=1S/C41H39NO2/c1-26-20-27(2)39(28(3)21-26)41(44)36-24-35-34-23-31(38(43)22-29-12-6-4-7-13-29)18-19-37(34)42(25-30-14-8-5-9-15-30)40(35)33-17-11-10-16-32(33)36/h4,6-7,10-13,16-21,23-24,30H,5,8-9,14-15,22,25H2,1-3H3. The molecule has 44 heavy (non-hydrogen) atoms. The minimum absolute atomic E-state index is 0.0580. The average Bonchev–Trinajstić information content (AvgIpc) is 3.33. The van der Waals surface area contributed by atoms with E-state index in [4.69, 9.17) is 0 Å². The second-order valence-electron chi connectivity index (χ2n) is 12.9. The van der Waals surface area contributed by atoms with E-state index in [1.165, 1.54) is 37.6 Å². The van der Waals surface area contributed by atoms with Crippen molar-refractivity contribution in [2.75, 3.05) is 0 Å². The van der Waals surface area contributed by atoms with Gasteiger partial charge in [0.25, 0.3) is 0 Å². The van der Waals surface area contributed by atoms with Gasteiger partial charge in [-0.15, -0.1) is 0 Å². The van der Waals surface area contributed by atoms with Gasteiger partial charge in [0.05, 0.1) is 5.52 Å². The normalized spacial score (nSPS) is 14.1. The third-order valence-corrected chi connectivity index (χ3v) is 9.71. The molecule has 5 aromatic carbocycles. The van der Waals surface area contributed by atoms with Crippen molar-refractivity contribution in [1.82, 2.24) is 4.57 Å². The van der Waals surface area contributed by atoms with Gasteiger partial charge in [-0.05, 0) is 85.9 Å². The molecule has 3 heteroatoms. The van der Waals surface area contributed by atoms with Crippen LogP contribution in [0, 0.1) is 26.7 Å². The fraction of sp³-hybridized carbons (Fsp3) is 0.268. The van der Waals surface area contributed by atoms with Crippen LogP contribution < -0.4 is 0 Å². The monoisotopic (exact) mass is 577 g/mol. The number of benzene rings is 5. The lowest BCUT2D eigenvalue weighted by molar-refractivity contribution is 0.0991. The molecule has 220 valence electrons. The third-order valence-electron chi connectivity index (χ3n) is 9.71. The molecule has 0 unspecified atom stereocenters. The second kappa shape index (κ2) is 11.5. The Balaban J connectivity index is 1.47. The Labute approximate surface area is 259 Å². The van der Waals surface area contributed by atoms with Gasteiger partial charge in [0.15, 0.2) is 11.6 Å². The topological polar surface area (TPSA) is 39.1 Å². The summed E-state index contributed by atoms with van der Waals surface area (Å²) in [6.07, 6.45) is 6.75. The van der Waals surface area contributed by atoms with Crippen molar-refractivity contribution in [2.24, 2.45) is 5.92 Å². The van der Waals surface area contributed by atoms with Crippen LogP contribution in [0.2, 0.25) is 0 Å². The van der Waals surface area contributed by atoms with Crippen LogP contribution in [0.5, 0.6) is 0 Å². The molecule has 0 amide bonds. The van der Waals surface area contributed by atoms with Crippen LogP contribution in [0.3, 0.4) is 0 Å². The van der Waals surface area contributed by atoms with Crippen LogP contribution in [0.4, 0.5) is 0 Å². The first-order chi connectivity index (χ1) is 21.4. The molecule has 1 saturated carbocycles. The molecule has 0 aliphatic heterocycles. The van der Waals surface area contributed by atoms with E-state index in [2.05, 4.69) is 60.0 Å². The number of ketones is 2. The summed E-state index contributed by atoms with van der Waals surface area (Å²) in [7, 11) is 0. The molecule has 6 aromatic rings. The molecule has 7 rings (SSSR count). The average molecular weight is 578 g/mol. The zero-order valence-electron chi connectivity index (χ0n) is 26.0. The SMILES string of the molecule is Cc1cc(C)c(C(=O)c2cc3c4cc(C(=O)Cc5ccccc5)ccc4n(CC4CCCCC4)c3c3ccccc23)c(C)c1. The van der Waals surface area contributed by atoms with Crippen LogP contribution in [0.25, 0.3) is 32.6 Å². The van der Waals surface area contributed by atoms with Crippen molar-refractivity contribution in [3.8, 4) is 0 Å². The quantitative estimate of drug-likeness (QED) is 0.177. The summed E-state index contributed by atoms with van der Waals surface area (Å²) in [5.74, 6) is 0.789. The number of carbonyl (C=O) groups is 2. The van der Waals surface area contributed by atoms with Gasteiger partial charge in [0.1, 0.15) is 0 Å². The van der Waals surface area contributed by atoms with E-state index in [0.29, 0.717) is 17.9 Å². The summed E-state index contributed by atoms with van der Waals surface area (Å²) >= 11 is 0. The number of carbonyl (C=O) groups excluding carboxylic acids is 2. The molecular formula is C41H39NO2. The van der Waals surface area contributed by atoms with Gasteiger partial charge >= 0.3 is 0 Å². The summed E-state index contributed by atoms with van der Waals surface area (Å²) in [5, 5.41) is 4.18. The molecule has 1 aliphatic rings. The number of Topliss-reactive ketones (excluding diaryl/α,β-unsaturated/α-hetero) is 1. The maximum Gasteiger partial charge on any atom is 0.194 e. The lowest BCUT2D eigenvalue weighted by atomic mass is 9.89. The first-order valence-electron chi connectivity index (χ1n) is 16.1. The van der Waals surface area contributed by atoms with Crippen molar-refractivity contribution in [3.63, 3.8) is 0 Å². The largest absolute Gasteiger partial charge is 0.340 e. The van der Waals surface area contributed by atoms with Crippen molar-refractivity contribution in [2.45, 2.75) is 65.8 Å². The molecule has 1 aliphatic carbocycles. The first-order valence-corrected chi connectivity index (χ1v) is 16.1. The second-order valence-corrected chi connectivity index (χ2v) is 12.9. The maximum absolute atomic E-state index is 14.4. The summed E-state index contributed by atoms with van der Waals surface area (Å²) in [5.41, 5.74) is 8.71. The predicted molar refractivity (Wildman–Crippen MR) is 182 cm³/mol. The van der Waals surface area contributed by atoms with Crippen molar-refractivity contribution in [1.29, 1.82) is 0 Å². The van der Waals surface area contributed by atoms with Crippen LogP contribution in [-0.4, -0.2) is 16.1 Å².